The molecule has 0 radical (unpaired) electrons. The predicted octanol–water partition coefficient (Wildman–Crippen LogP) is 2.14. The highest BCUT2D eigenvalue weighted by atomic mass is 32.1. The first-order valence-corrected chi connectivity index (χ1v) is 7.05. The number of halogens is 1. The lowest BCUT2D eigenvalue weighted by Gasteiger charge is -2.30. The Kier molecular flexibility index (Phi) is 3.10. The van der Waals surface area contributed by atoms with Gasteiger partial charge in [0.1, 0.15) is 5.82 Å². The summed E-state index contributed by atoms with van der Waals surface area (Å²) in [6, 6.07) is 4.62. The molecule has 2 heterocycles. The number of benzene rings is 1. The first kappa shape index (κ1) is 12.3. The van der Waals surface area contributed by atoms with Gasteiger partial charge < -0.3 is 10.6 Å². The van der Waals surface area contributed by atoms with E-state index in [4.69, 9.17) is 5.73 Å². The van der Waals surface area contributed by atoms with Gasteiger partial charge >= 0.3 is 0 Å². The van der Waals surface area contributed by atoms with Gasteiger partial charge in [-0.2, -0.15) is 0 Å². The molecule has 19 heavy (non-hydrogen) atoms. The lowest BCUT2D eigenvalue weighted by Crippen LogP contribution is -2.38. The number of primary amides is 1. The van der Waals surface area contributed by atoms with Crippen LogP contribution in [0.1, 0.15) is 12.8 Å². The Hall–Kier alpha value is -1.69. The summed E-state index contributed by atoms with van der Waals surface area (Å²) < 4.78 is 14.0. The summed E-state index contributed by atoms with van der Waals surface area (Å²) in [5.41, 5.74) is 6.14. The first-order valence-electron chi connectivity index (χ1n) is 6.24. The number of hydrogen-bond donors (Lipinski definition) is 1. The molecule has 1 aliphatic heterocycles. The molecule has 0 unspecified atom stereocenters. The molecule has 3 rings (SSSR count). The molecule has 0 saturated carbocycles. The highest BCUT2D eigenvalue weighted by Gasteiger charge is 2.24. The lowest BCUT2D eigenvalue weighted by molar-refractivity contribution is -0.122. The van der Waals surface area contributed by atoms with Gasteiger partial charge in [0.05, 0.1) is 10.2 Å². The summed E-state index contributed by atoms with van der Waals surface area (Å²) in [6.07, 6.45) is 1.53. The molecule has 100 valence electrons. The quantitative estimate of drug-likeness (QED) is 0.916. The van der Waals surface area contributed by atoms with Gasteiger partial charge in [-0.05, 0) is 31.0 Å². The number of anilines is 1. The molecule has 0 aliphatic carbocycles. The Morgan fingerprint density at radius 1 is 1.42 bits per heavy atom. The average Bonchev–Trinajstić information content (AvgIpc) is 2.81. The number of nitrogens with zero attached hydrogens (tertiary/aromatic N) is 2. The minimum atomic E-state index is -0.241. The second kappa shape index (κ2) is 4.77. The van der Waals surface area contributed by atoms with Crippen molar-refractivity contribution in [3.63, 3.8) is 0 Å². The Morgan fingerprint density at radius 2 is 2.16 bits per heavy atom. The number of aromatic nitrogens is 1. The lowest BCUT2D eigenvalue weighted by atomic mass is 9.97. The van der Waals surface area contributed by atoms with Crippen LogP contribution in [0.3, 0.4) is 0 Å². The summed E-state index contributed by atoms with van der Waals surface area (Å²) in [4.78, 5) is 17.8. The summed E-state index contributed by atoms with van der Waals surface area (Å²) in [5, 5.41) is 0.892. The minimum absolute atomic E-state index is 0.0249. The average molecular weight is 279 g/mol. The van der Waals surface area contributed by atoms with Crippen molar-refractivity contribution < 1.29 is 9.18 Å². The van der Waals surface area contributed by atoms with Crippen molar-refractivity contribution in [2.24, 2.45) is 11.7 Å². The van der Waals surface area contributed by atoms with Crippen molar-refractivity contribution in [3.8, 4) is 0 Å². The fourth-order valence-corrected chi connectivity index (χ4v) is 3.42. The van der Waals surface area contributed by atoms with Crippen LogP contribution in [0.5, 0.6) is 0 Å². The van der Waals surface area contributed by atoms with E-state index < -0.39 is 0 Å². The maximum Gasteiger partial charge on any atom is 0.220 e. The van der Waals surface area contributed by atoms with Crippen LogP contribution < -0.4 is 10.6 Å². The molecule has 1 aromatic heterocycles. The Labute approximate surface area is 114 Å². The number of carbonyl (C=O) groups excluding carboxylic acids is 1. The van der Waals surface area contributed by atoms with Crippen LogP contribution in [0.25, 0.3) is 10.2 Å². The van der Waals surface area contributed by atoms with Gasteiger partial charge in [0.25, 0.3) is 0 Å². The van der Waals surface area contributed by atoms with Crippen LogP contribution in [0.4, 0.5) is 9.52 Å². The Morgan fingerprint density at radius 3 is 2.84 bits per heavy atom. The van der Waals surface area contributed by atoms with Crippen LogP contribution in [0, 0.1) is 11.7 Å². The van der Waals surface area contributed by atoms with E-state index in [1.165, 1.54) is 23.5 Å². The van der Waals surface area contributed by atoms with E-state index >= 15 is 0 Å². The summed E-state index contributed by atoms with van der Waals surface area (Å²) in [7, 11) is 0. The van der Waals surface area contributed by atoms with Crippen LogP contribution in [0.2, 0.25) is 0 Å². The standard InChI is InChI=1S/C13H14FN3OS/c14-9-1-2-10-11(7-9)19-13(16-10)17-5-3-8(4-6-17)12(15)18/h1-2,7-8H,3-6H2,(H2,15,18). The summed E-state index contributed by atoms with van der Waals surface area (Å²) >= 11 is 1.49. The van der Waals surface area contributed by atoms with E-state index in [1.807, 2.05) is 0 Å². The third-order valence-corrected chi connectivity index (χ3v) is 4.59. The maximum absolute atomic E-state index is 13.1. The molecule has 2 aromatic rings. The molecule has 1 aromatic carbocycles. The number of amides is 1. The SMILES string of the molecule is NC(=O)C1CCN(c2nc3ccc(F)cc3s2)CC1. The zero-order valence-electron chi connectivity index (χ0n) is 10.3. The van der Waals surface area contributed by atoms with Crippen molar-refractivity contribution in [2.75, 3.05) is 18.0 Å². The third-order valence-electron chi connectivity index (χ3n) is 3.51. The highest BCUT2D eigenvalue weighted by Crippen LogP contribution is 2.31. The predicted molar refractivity (Wildman–Crippen MR) is 73.7 cm³/mol. The minimum Gasteiger partial charge on any atom is -0.369 e. The van der Waals surface area contributed by atoms with Gasteiger partial charge in [-0.25, -0.2) is 9.37 Å². The van der Waals surface area contributed by atoms with Gasteiger partial charge in [0, 0.05) is 19.0 Å². The molecule has 0 spiro atoms. The molecule has 0 atom stereocenters. The largest absolute Gasteiger partial charge is 0.369 e. The number of piperidine rings is 1. The topological polar surface area (TPSA) is 59.2 Å². The highest BCUT2D eigenvalue weighted by molar-refractivity contribution is 7.22. The summed E-state index contributed by atoms with van der Waals surface area (Å²) in [5.74, 6) is -0.482. The fraction of sp³-hybridized carbons (Fsp3) is 0.385. The molecule has 1 saturated heterocycles. The van der Waals surface area contributed by atoms with E-state index in [1.54, 1.807) is 6.07 Å². The molecule has 1 aliphatic rings. The molecule has 4 nitrogen and oxygen atoms in total. The van der Waals surface area contributed by atoms with Crippen molar-refractivity contribution in [2.45, 2.75) is 12.8 Å². The van der Waals surface area contributed by atoms with E-state index in [9.17, 15) is 9.18 Å². The molecular formula is C13H14FN3OS. The van der Waals surface area contributed by atoms with Crippen molar-refractivity contribution in [1.29, 1.82) is 0 Å². The maximum atomic E-state index is 13.1. The van der Waals surface area contributed by atoms with E-state index in [-0.39, 0.29) is 17.6 Å². The van der Waals surface area contributed by atoms with Gasteiger partial charge in [0.2, 0.25) is 5.91 Å². The first-order chi connectivity index (χ1) is 9.13. The number of nitrogens with two attached hydrogens (primary N) is 1. The van der Waals surface area contributed by atoms with E-state index in [0.717, 1.165) is 41.3 Å². The normalized spacial score (nSPS) is 17.0. The monoisotopic (exact) mass is 279 g/mol. The number of rotatable bonds is 2. The molecule has 2 N–H and O–H groups in total. The van der Waals surface area contributed by atoms with Crippen LogP contribution in [0.15, 0.2) is 18.2 Å². The number of carbonyl (C=O) groups is 1. The fourth-order valence-electron chi connectivity index (χ4n) is 2.38. The van der Waals surface area contributed by atoms with E-state index in [0.29, 0.717) is 0 Å². The molecule has 1 fully saturated rings. The van der Waals surface area contributed by atoms with E-state index in [2.05, 4.69) is 9.88 Å². The second-order valence-corrected chi connectivity index (χ2v) is 5.78. The second-order valence-electron chi connectivity index (χ2n) is 4.77. The van der Waals surface area contributed by atoms with Crippen LogP contribution >= 0.6 is 11.3 Å². The van der Waals surface area contributed by atoms with Gasteiger partial charge in [-0.1, -0.05) is 11.3 Å². The van der Waals surface area contributed by atoms with Crippen molar-refractivity contribution in [1.82, 2.24) is 4.98 Å². The number of thiazole rings is 1. The zero-order chi connectivity index (χ0) is 13.4. The Bertz CT molecular complexity index is 619. The molecule has 6 heteroatoms. The molecule has 1 amide bonds. The van der Waals surface area contributed by atoms with Gasteiger partial charge in [0.15, 0.2) is 5.13 Å². The van der Waals surface area contributed by atoms with Crippen LogP contribution in [-0.4, -0.2) is 24.0 Å². The summed E-state index contributed by atoms with van der Waals surface area (Å²) in [6.45, 7) is 1.55. The Balaban J connectivity index is 1.80. The molecular weight excluding hydrogens is 265 g/mol. The number of fused-ring (bicyclic) bond motifs is 1. The molecule has 0 bridgehead atoms. The van der Waals surface area contributed by atoms with Crippen molar-refractivity contribution in [3.05, 3.63) is 24.0 Å². The van der Waals surface area contributed by atoms with Crippen LogP contribution in [-0.2, 0) is 4.79 Å². The van der Waals surface area contributed by atoms with Gasteiger partial charge in [-0.3, -0.25) is 4.79 Å². The van der Waals surface area contributed by atoms with Gasteiger partial charge in [-0.15, -0.1) is 0 Å². The third kappa shape index (κ3) is 2.40. The van der Waals surface area contributed by atoms with Crippen molar-refractivity contribution >= 4 is 32.6 Å². The zero-order valence-corrected chi connectivity index (χ0v) is 11.1. The smallest absolute Gasteiger partial charge is 0.220 e. The number of hydrogen-bond acceptors (Lipinski definition) is 4.